The van der Waals surface area contributed by atoms with Crippen LogP contribution in [0.2, 0.25) is 0 Å². The minimum Gasteiger partial charge on any atom is -0.120 e. The van der Waals surface area contributed by atoms with Crippen LogP contribution in [0, 0.1) is 12.3 Å². The van der Waals surface area contributed by atoms with E-state index in [0.29, 0.717) is 0 Å². The van der Waals surface area contributed by atoms with Gasteiger partial charge in [0.1, 0.15) is 0 Å². The Balaban J connectivity index is 3.09. The van der Waals surface area contributed by atoms with Crippen molar-refractivity contribution in [2.75, 3.05) is 0 Å². The van der Waals surface area contributed by atoms with Crippen molar-refractivity contribution in [1.29, 1.82) is 0 Å². The summed E-state index contributed by atoms with van der Waals surface area (Å²) in [5.74, 6) is 2.63. The van der Waals surface area contributed by atoms with Crippen molar-refractivity contribution < 1.29 is 0 Å². The molecule has 0 aromatic carbocycles. The van der Waals surface area contributed by atoms with Gasteiger partial charge in [0.25, 0.3) is 0 Å². The monoisotopic (exact) mass is 190 g/mol. The summed E-state index contributed by atoms with van der Waals surface area (Å²) in [5, 5.41) is 0. The molecule has 0 aliphatic rings. The highest BCUT2D eigenvalue weighted by Crippen LogP contribution is 2.02. The lowest BCUT2D eigenvalue weighted by atomic mass is 10.1. The summed E-state index contributed by atoms with van der Waals surface area (Å²) in [4.78, 5) is 0. The van der Waals surface area contributed by atoms with E-state index in [1.165, 1.54) is 25.7 Å². The minimum atomic E-state index is 0.871. The third kappa shape index (κ3) is 11.0. The first-order valence-corrected chi connectivity index (χ1v) is 5.65. The molecule has 0 unspecified atom stereocenters. The Morgan fingerprint density at radius 2 is 1.50 bits per heavy atom. The van der Waals surface area contributed by atoms with Crippen molar-refractivity contribution in [3.8, 4) is 12.3 Å². The van der Waals surface area contributed by atoms with Crippen LogP contribution in [0.3, 0.4) is 0 Å². The van der Waals surface area contributed by atoms with E-state index in [4.69, 9.17) is 6.42 Å². The fourth-order valence-corrected chi connectivity index (χ4v) is 1.21. The van der Waals surface area contributed by atoms with Crippen molar-refractivity contribution in [1.82, 2.24) is 0 Å². The maximum absolute atomic E-state index is 5.15. The van der Waals surface area contributed by atoms with Crippen LogP contribution in [0.5, 0.6) is 0 Å². The maximum atomic E-state index is 5.15. The predicted molar refractivity (Wildman–Crippen MR) is 65.1 cm³/mol. The van der Waals surface area contributed by atoms with Crippen LogP contribution in [0.1, 0.15) is 51.9 Å². The lowest BCUT2D eigenvalue weighted by Crippen LogP contribution is -1.73. The van der Waals surface area contributed by atoms with E-state index in [0.717, 1.165) is 19.3 Å². The summed E-state index contributed by atoms with van der Waals surface area (Å²) in [6, 6.07) is 0. The van der Waals surface area contributed by atoms with Crippen molar-refractivity contribution in [2.24, 2.45) is 0 Å². The third-order valence-corrected chi connectivity index (χ3v) is 2.02. The molecule has 0 heteroatoms. The molecular formula is C14H22. The molecule has 0 N–H and O–H groups in total. The van der Waals surface area contributed by atoms with Gasteiger partial charge in [0.15, 0.2) is 0 Å². The molecule has 0 radical (unpaired) electrons. The van der Waals surface area contributed by atoms with E-state index in [1.54, 1.807) is 0 Å². The van der Waals surface area contributed by atoms with Crippen LogP contribution in [0.4, 0.5) is 0 Å². The van der Waals surface area contributed by atoms with Crippen LogP contribution in [0.25, 0.3) is 0 Å². The molecule has 0 heterocycles. The van der Waals surface area contributed by atoms with Crippen LogP contribution in [-0.2, 0) is 0 Å². The number of allylic oxidation sites excluding steroid dienone is 4. The van der Waals surface area contributed by atoms with E-state index in [2.05, 4.69) is 37.1 Å². The second kappa shape index (κ2) is 12.0. The van der Waals surface area contributed by atoms with Gasteiger partial charge < -0.3 is 0 Å². The molecule has 0 aromatic heterocycles. The van der Waals surface area contributed by atoms with Crippen LogP contribution < -0.4 is 0 Å². The molecule has 0 aliphatic heterocycles. The second-order valence-electron chi connectivity index (χ2n) is 3.38. The molecule has 0 nitrogen and oxygen atoms in total. The first-order chi connectivity index (χ1) is 6.91. The Hall–Kier alpha value is -0.960. The zero-order chi connectivity index (χ0) is 10.5. The Morgan fingerprint density at radius 1 is 0.929 bits per heavy atom. The molecule has 0 aliphatic carbocycles. The highest BCUT2D eigenvalue weighted by Gasteiger charge is 1.83. The van der Waals surface area contributed by atoms with E-state index in [-0.39, 0.29) is 0 Å². The van der Waals surface area contributed by atoms with Crippen LogP contribution in [-0.4, -0.2) is 0 Å². The van der Waals surface area contributed by atoms with Gasteiger partial charge in [-0.05, 0) is 38.5 Å². The van der Waals surface area contributed by atoms with Crippen molar-refractivity contribution in [3.63, 3.8) is 0 Å². The molecule has 0 saturated carbocycles. The van der Waals surface area contributed by atoms with Crippen LogP contribution in [0.15, 0.2) is 24.3 Å². The van der Waals surface area contributed by atoms with Gasteiger partial charge in [-0.15, -0.1) is 12.3 Å². The standard InChI is InChI=1S/C14H22/c1-3-5-7-9-11-13-14-12-10-8-6-4-2/h1,6,8-9,11H,4-5,7,10,12-14H2,2H3/b8-6+,11-9+. The van der Waals surface area contributed by atoms with Gasteiger partial charge in [-0.25, -0.2) is 0 Å². The van der Waals surface area contributed by atoms with E-state index >= 15 is 0 Å². The summed E-state index contributed by atoms with van der Waals surface area (Å²) < 4.78 is 0. The smallest absolute Gasteiger partial charge is 0.0121 e. The zero-order valence-electron chi connectivity index (χ0n) is 9.34. The third-order valence-electron chi connectivity index (χ3n) is 2.02. The van der Waals surface area contributed by atoms with Crippen LogP contribution >= 0.6 is 0 Å². The summed E-state index contributed by atoms with van der Waals surface area (Å²) in [6.45, 7) is 2.17. The maximum Gasteiger partial charge on any atom is 0.0121 e. The Kier molecular flexibility index (Phi) is 11.2. The Morgan fingerprint density at radius 3 is 2.07 bits per heavy atom. The number of hydrogen-bond donors (Lipinski definition) is 0. The summed E-state index contributed by atoms with van der Waals surface area (Å²) >= 11 is 0. The summed E-state index contributed by atoms with van der Waals surface area (Å²) in [6.07, 6.45) is 22.2. The molecule has 0 amide bonds. The fourth-order valence-electron chi connectivity index (χ4n) is 1.21. The molecule has 0 bridgehead atoms. The molecule has 0 fully saturated rings. The molecule has 14 heavy (non-hydrogen) atoms. The normalized spacial score (nSPS) is 11.1. The highest BCUT2D eigenvalue weighted by molar-refractivity contribution is 4.90. The second-order valence-corrected chi connectivity index (χ2v) is 3.38. The summed E-state index contributed by atoms with van der Waals surface area (Å²) in [7, 11) is 0. The first kappa shape index (κ1) is 13.0. The number of hydrogen-bond acceptors (Lipinski definition) is 0. The molecule has 0 rings (SSSR count). The van der Waals surface area contributed by atoms with Crippen molar-refractivity contribution in [2.45, 2.75) is 51.9 Å². The topological polar surface area (TPSA) is 0 Å². The molecule has 0 atom stereocenters. The molecule has 0 aromatic rings. The number of unbranched alkanes of at least 4 members (excludes halogenated alkanes) is 4. The SMILES string of the molecule is C#CCC/C=C/CCCC/C=C/CC. The molecule has 0 saturated heterocycles. The van der Waals surface area contributed by atoms with E-state index in [9.17, 15) is 0 Å². The van der Waals surface area contributed by atoms with Crippen molar-refractivity contribution in [3.05, 3.63) is 24.3 Å². The van der Waals surface area contributed by atoms with Gasteiger partial charge in [-0.1, -0.05) is 31.2 Å². The predicted octanol–water partition coefficient (Wildman–Crippen LogP) is 4.48. The lowest BCUT2D eigenvalue weighted by molar-refractivity contribution is 0.759. The van der Waals surface area contributed by atoms with E-state index < -0.39 is 0 Å². The number of rotatable bonds is 8. The Labute approximate surface area is 89.1 Å². The Bertz CT molecular complexity index is 191. The minimum absolute atomic E-state index is 0.871. The van der Waals surface area contributed by atoms with E-state index in [1.807, 2.05) is 0 Å². The average Bonchev–Trinajstić information content (AvgIpc) is 2.21. The van der Waals surface area contributed by atoms with Gasteiger partial charge in [0, 0.05) is 6.42 Å². The van der Waals surface area contributed by atoms with Crippen molar-refractivity contribution >= 4 is 0 Å². The number of terminal acetylenes is 1. The highest BCUT2D eigenvalue weighted by atomic mass is 13.9. The lowest BCUT2D eigenvalue weighted by Gasteiger charge is -1.92. The zero-order valence-corrected chi connectivity index (χ0v) is 9.34. The fraction of sp³-hybridized carbons (Fsp3) is 0.571. The van der Waals surface area contributed by atoms with Gasteiger partial charge >= 0.3 is 0 Å². The van der Waals surface area contributed by atoms with Gasteiger partial charge in [0.2, 0.25) is 0 Å². The molecule has 0 spiro atoms. The molecule has 78 valence electrons. The van der Waals surface area contributed by atoms with Gasteiger partial charge in [-0.2, -0.15) is 0 Å². The first-order valence-electron chi connectivity index (χ1n) is 5.65. The van der Waals surface area contributed by atoms with Gasteiger partial charge in [-0.3, -0.25) is 0 Å². The summed E-state index contributed by atoms with van der Waals surface area (Å²) in [5.41, 5.74) is 0. The quantitative estimate of drug-likeness (QED) is 0.301. The average molecular weight is 190 g/mol. The molecular weight excluding hydrogens is 168 g/mol. The van der Waals surface area contributed by atoms with Gasteiger partial charge in [0.05, 0.1) is 0 Å². The largest absolute Gasteiger partial charge is 0.120 e.